The molecule has 19 heavy (non-hydrogen) atoms. The summed E-state index contributed by atoms with van der Waals surface area (Å²) in [6.45, 7) is 0.811. The minimum absolute atomic E-state index is 0.304. The lowest BCUT2D eigenvalue weighted by Gasteiger charge is -2.05. The Balaban J connectivity index is 1.57. The average molecular weight is 259 g/mol. The predicted molar refractivity (Wildman–Crippen MR) is 70.8 cm³/mol. The summed E-state index contributed by atoms with van der Waals surface area (Å²) in [6.07, 6.45) is 0.984. The third-order valence-electron chi connectivity index (χ3n) is 3.57. The Morgan fingerprint density at radius 1 is 1.00 bits per heavy atom. The number of halogens is 2. The zero-order valence-corrected chi connectivity index (χ0v) is 10.4. The summed E-state index contributed by atoms with van der Waals surface area (Å²) in [5.41, 5.74) is 2.11. The summed E-state index contributed by atoms with van der Waals surface area (Å²) >= 11 is 0. The van der Waals surface area contributed by atoms with Crippen molar-refractivity contribution in [1.82, 2.24) is 5.32 Å². The first-order valence-electron chi connectivity index (χ1n) is 6.46. The molecule has 0 spiro atoms. The molecule has 1 saturated carbocycles. The molecule has 0 aromatic heterocycles. The van der Waals surface area contributed by atoms with Crippen LogP contribution in [0, 0.1) is 11.6 Å². The van der Waals surface area contributed by atoms with Gasteiger partial charge in [-0.25, -0.2) is 8.78 Å². The third kappa shape index (κ3) is 2.82. The monoisotopic (exact) mass is 259 g/mol. The van der Waals surface area contributed by atoms with E-state index in [2.05, 4.69) is 17.4 Å². The molecule has 1 nitrogen and oxygen atoms in total. The molecule has 98 valence electrons. The van der Waals surface area contributed by atoms with E-state index in [4.69, 9.17) is 0 Å². The summed E-state index contributed by atoms with van der Waals surface area (Å²) in [5, 5.41) is 3.44. The van der Waals surface area contributed by atoms with Gasteiger partial charge in [-0.05, 0) is 29.7 Å². The van der Waals surface area contributed by atoms with Gasteiger partial charge in [0.05, 0.1) is 0 Å². The van der Waals surface area contributed by atoms with Gasteiger partial charge in [-0.1, -0.05) is 36.4 Å². The smallest absolute Gasteiger partial charge is 0.159 e. The quantitative estimate of drug-likeness (QED) is 0.884. The van der Waals surface area contributed by atoms with Gasteiger partial charge in [-0.2, -0.15) is 0 Å². The molecular weight excluding hydrogens is 244 g/mol. The Morgan fingerprint density at radius 3 is 2.53 bits per heavy atom. The molecule has 0 amide bonds. The van der Waals surface area contributed by atoms with Gasteiger partial charge in [0.2, 0.25) is 0 Å². The lowest BCUT2D eigenvalue weighted by molar-refractivity contribution is 0.507. The van der Waals surface area contributed by atoms with Gasteiger partial charge in [0, 0.05) is 18.5 Å². The van der Waals surface area contributed by atoms with Crippen molar-refractivity contribution >= 4 is 0 Å². The van der Waals surface area contributed by atoms with Gasteiger partial charge >= 0.3 is 0 Å². The van der Waals surface area contributed by atoms with E-state index in [1.165, 1.54) is 17.7 Å². The maximum absolute atomic E-state index is 13.1. The van der Waals surface area contributed by atoms with Crippen LogP contribution in [-0.4, -0.2) is 6.04 Å². The molecule has 0 aliphatic heterocycles. The summed E-state index contributed by atoms with van der Waals surface area (Å²) in [7, 11) is 0. The highest BCUT2D eigenvalue weighted by Gasteiger charge is 2.38. The van der Waals surface area contributed by atoms with Crippen LogP contribution in [0.2, 0.25) is 0 Å². The molecule has 3 heteroatoms. The van der Waals surface area contributed by atoms with Crippen LogP contribution in [0.1, 0.15) is 23.5 Å². The Bertz CT molecular complexity index is 568. The third-order valence-corrected chi connectivity index (χ3v) is 3.57. The average Bonchev–Trinajstić information content (AvgIpc) is 3.20. The fourth-order valence-electron chi connectivity index (χ4n) is 2.38. The molecule has 2 atom stereocenters. The lowest BCUT2D eigenvalue weighted by atomic mass is 10.1. The summed E-state index contributed by atoms with van der Waals surface area (Å²) in [4.78, 5) is 0. The molecule has 1 unspecified atom stereocenters. The molecule has 0 radical (unpaired) electrons. The molecule has 1 aliphatic rings. The van der Waals surface area contributed by atoms with Crippen molar-refractivity contribution in [2.45, 2.75) is 24.9 Å². The Kier molecular flexibility index (Phi) is 3.30. The number of rotatable bonds is 4. The first-order chi connectivity index (χ1) is 9.24. The standard InChI is InChI=1S/C16H15F2N/c17-14-7-6-12(8-15(14)18)13-9-16(13)19-10-11-4-2-1-3-5-11/h1-8,13,16,19H,9-10H2/t13-,16?/m1/s1. The molecule has 0 bridgehead atoms. The summed E-state index contributed by atoms with van der Waals surface area (Å²) < 4.78 is 26.0. The number of hydrogen-bond donors (Lipinski definition) is 1. The van der Waals surface area contributed by atoms with Crippen LogP contribution >= 0.6 is 0 Å². The summed E-state index contributed by atoms with van der Waals surface area (Å²) in [5.74, 6) is -1.23. The topological polar surface area (TPSA) is 12.0 Å². The van der Waals surface area contributed by atoms with E-state index in [9.17, 15) is 8.78 Å². The van der Waals surface area contributed by atoms with Gasteiger partial charge in [-0.15, -0.1) is 0 Å². The molecule has 3 rings (SSSR count). The zero-order valence-electron chi connectivity index (χ0n) is 10.4. The molecule has 1 N–H and O–H groups in total. The van der Waals surface area contributed by atoms with Crippen molar-refractivity contribution < 1.29 is 8.78 Å². The van der Waals surface area contributed by atoms with Gasteiger partial charge < -0.3 is 5.32 Å². The van der Waals surface area contributed by atoms with E-state index >= 15 is 0 Å². The second-order valence-corrected chi connectivity index (χ2v) is 4.99. The largest absolute Gasteiger partial charge is 0.309 e. The normalized spacial score (nSPS) is 21.4. The minimum Gasteiger partial charge on any atom is -0.309 e. The molecule has 1 aliphatic carbocycles. The van der Waals surface area contributed by atoms with Crippen molar-refractivity contribution in [3.8, 4) is 0 Å². The van der Waals surface area contributed by atoms with E-state index < -0.39 is 11.6 Å². The van der Waals surface area contributed by atoms with E-state index in [0.29, 0.717) is 12.0 Å². The van der Waals surface area contributed by atoms with E-state index in [1.54, 1.807) is 6.07 Å². The van der Waals surface area contributed by atoms with Crippen LogP contribution in [0.3, 0.4) is 0 Å². The fraction of sp³-hybridized carbons (Fsp3) is 0.250. The Labute approximate surface area is 111 Å². The molecule has 0 heterocycles. The van der Waals surface area contributed by atoms with Crippen LogP contribution in [0.25, 0.3) is 0 Å². The number of benzene rings is 2. The molecule has 2 aromatic carbocycles. The Morgan fingerprint density at radius 2 is 1.79 bits per heavy atom. The van der Waals surface area contributed by atoms with Crippen LogP contribution in [0.15, 0.2) is 48.5 Å². The summed E-state index contributed by atoms with van der Waals surface area (Å²) in [6, 6.07) is 14.7. The van der Waals surface area contributed by atoms with Crippen LogP contribution in [0.4, 0.5) is 8.78 Å². The SMILES string of the molecule is Fc1ccc([C@H]2CC2NCc2ccccc2)cc1F. The second-order valence-electron chi connectivity index (χ2n) is 4.99. The lowest BCUT2D eigenvalue weighted by Crippen LogP contribution is -2.17. The maximum atomic E-state index is 13.1. The van der Waals surface area contributed by atoms with Crippen molar-refractivity contribution in [2.75, 3.05) is 0 Å². The highest BCUT2D eigenvalue weighted by atomic mass is 19.2. The van der Waals surface area contributed by atoms with Gasteiger partial charge in [0.25, 0.3) is 0 Å². The first kappa shape index (κ1) is 12.3. The van der Waals surface area contributed by atoms with E-state index in [0.717, 1.165) is 18.5 Å². The van der Waals surface area contributed by atoms with Crippen LogP contribution < -0.4 is 5.32 Å². The maximum Gasteiger partial charge on any atom is 0.159 e. The van der Waals surface area contributed by atoms with E-state index in [1.807, 2.05) is 18.2 Å². The highest BCUT2D eigenvalue weighted by Crippen LogP contribution is 2.41. The molecular formula is C16H15F2N. The van der Waals surface area contributed by atoms with Gasteiger partial charge in [0.1, 0.15) is 0 Å². The minimum atomic E-state index is -0.779. The second kappa shape index (κ2) is 5.10. The van der Waals surface area contributed by atoms with Crippen LogP contribution in [0.5, 0.6) is 0 Å². The predicted octanol–water partition coefficient (Wildman–Crippen LogP) is 3.61. The van der Waals surface area contributed by atoms with Crippen molar-refractivity contribution in [3.63, 3.8) is 0 Å². The molecule has 2 aromatic rings. The molecule has 0 saturated heterocycles. The number of hydrogen-bond acceptors (Lipinski definition) is 1. The fourth-order valence-corrected chi connectivity index (χ4v) is 2.38. The van der Waals surface area contributed by atoms with Crippen molar-refractivity contribution in [2.24, 2.45) is 0 Å². The van der Waals surface area contributed by atoms with Crippen molar-refractivity contribution in [3.05, 3.63) is 71.3 Å². The Hall–Kier alpha value is -1.74. The van der Waals surface area contributed by atoms with Crippen LogP contribution in [-0.2, 0) is 6.54 Å². The number of nitrogens with one attached hydrogen (secondary N) is 1. The molecule has 1 fully saturated rings. The van der Waals surface area contributed by atoms with E-state index in [-0.39, 0.29) is 0 Å². The highest BCUT2D eigenvalue weighted by molar-refractivity contribution is 5.29. The van der Waals surface area contributed by atoms with Crippen molar-refractivity contribution in [1.29, 1.82) is 0 Å². The zero-order chi connectivity index (χ0) is 13.2. The first-order valence-corrected chi connectivity index (χ1v) is 6.46. The van der Waals surface area contributed by atoms with Gasteiger partial charge in [0.15, 0.2) is 11.6 Å². The van der Waals surface area contributed by atoms with Gasteiger partial charge in [-0.3, -0.25) is 0 Å².